The van der Waals surface area contributed by atoms with Gasteiger partial charge in [-0.25, -0.2) is 15.0 Å². The Kier molecular flexibility index (Phi) is 5.85. The zero-order valence-corrected chi connectivity index (χ0v) is 19.0. The maximum atomic E-state index is 5.55. The molecule has 0 unspecified atom stereocenters. The summed E-state index contributed by atoms with van der Waals surface area (Å²) < 4.78 is 23.9. The highest BCUT2D eigenvalue weighted by atomic mass is 16.5. The number of nitrogens with zero attached hydrogens (tertiary/aromatic N) is 4. The lowest BCUT2D eigenvalue weighted by molar-refractivity contribution is 0.324. The fourth-order valence-corrected chi connectivity index (χ4v) is 3.77. The molecular weight excluding hydrogens is 408 g/mol. The summed E-state index contributed by atoms with van der Waals surface area (Å²) in [4.78, 5) is 14.1. The van der Waals surface area contributed by atoms with Gasteiger partial charge in [0.1, 0.15) is 29.1 Å². The van der Waals surface area contributed by atoms with Crippen LogP contribution in [0.25, 0.3) is 33.8 Å². The zero-order valence-electron chi connectivity index (χ0n) is 19.0. The van der Waals surface area contributed by atoms with E-state index in [1.165, 1.54) is 0 Å². The molecule has 32 heavy (non-hydrogen) atoms. The highest BCUT2D eigenvalue weighted by Gasteiger charge is 2.22. The molecule has 2 aromatic carbocycles. The number of hydrogen-bond donors (Lipinski definition) is 0. The Morgan fingerprint density at radius 1 is 0.781 bits per heavy atom. The number of fused-ring (bicyclic) bond motifs is 1. The number of imidazole rings is 1. The van der Waals surface area contributed by atoms with E-state index in [2.05, 4.69) is 28.4 Å². The second kappa shape index (κ2) is 8.74. The van der Waals surface area contributed by atoms with E-state index in [4.69, 9.17) is 23.9 Å². The van der Waals surface area contributed by atoms with E-state index in [9.17, 15) is 0 Å². The molecule has 0 saturated heterocycles. The van der Waals surface area contributed by atoms with Crippen LogP contribution >= 0.6 is 0 Å². The summed E-state index contributed by atoms with van der Waals surface area (Å²) in [7, 11) is 6.42. The Bertz CT molecular complexity index is 1220. The second-order valence-corrected chi connectivity index (χ2v) is 7.44. The van der Waals surface area contributed by atoms with Crippen LogP contribution in [-0.4, -0.2) is 48.0 Å². The highest BCUT2D eigenvalue weighted by molar-refractivity contribution is 5.90. The number of hydrogen-bond acceptors (Lipinski definition) is 7. The highest BCUT2D eigenvalue weighted by Crippen LogP contribution is 2.42. The quantitative estimate of drug-likeness (QED) is 0.414. The van der Waals surface area contributed by atoms with Crippen molar-refractivity contribution in [3.63, 3.8) is 0 Å². The molecule has 0 amide bonds. The molecular formula is C24H26N4O4. The van der Waals surface area contributed by atoms with Crippen LogP contribution in [0, 0.1) is 0 Å². The largest absolute Gasteiger partial charge is 0.497 e. The number of aromatic nitrogens is 4. The van der Waals surface area contributed by atoms with Crippen LogP contribution in [0.5, 0.6) is 23.0 Å². The fraction of sp³-hybridized carbons (Fsp3) is 0.292. The van der Waals surface area contributed by atoms with Gasteiger partial charge in [-0.15, -0.1) is 0 Å². The standard InChI is InChI=1S/C24H26N4O4/c1-14(2)28-23(16-11-18(30-4)22(32-6)19(12-16)31-5)27-21-20(25-13-26-24(21)28)15-7-9-17(29-3)10-8-15/h7-14H,1-6H3. The third kappa shape index (κ3) is 3.57. The van der Waals surface area contributed by atoms with Crippen molar-refractivity contribution < 1.29 is 18.9 Å². The molecule has 0 aliphatic heterocycles. The van der Waals surface area contributed by atoms with Crippen molar-refractivity contribution in [1.29, 1.82) is 0 Å². The summed E-state index contributed by atoms with van der Waals surface area (Å²) in [5.41, 5.74) is 3.99. The molecule has 2 aromatic heterocycles. The molecule has 166 valence electrons. The van der Waals surface area contributed by atoms with Gasteiger partial charge in [-0.05, 0) is 50.2 Å². The van der Waals surface area contributed by atoms with E-state index in [1.54, 1.807) is 34.8 Å². The average Bonchev–Trinajstić information content (AvgIpc) is 3.23. The minimum Gasteiger partial charge on any atom is -0.497 e. The van der Waals surface area contributed by atoms with Gasteiger partial charge in [0.05, 0.1) is 28.4 Å². The van der Waals surface area contributed by atoms with Crippen LogP contribution in [0.3, 0.4) is 0 Å². The van der Waals surface area contributed by atoms with Gasteiger partial charge < -0.3 is 23.5 Å². The molecule has 0 spiro atoms. The fourth-order valence-electron chi connectivity index (χ4n) is 3.77. The van der Waals surface area contributed by atoms with E-state index in [1.807, 2.05) is 36.4 Å². The molecule has 8 heteroatoms. The van der Waals surface area contributed by atoms with Crippen LogP contribution in [0.15, 0.2) is 42.7 Å². The molecule has 4 rings (SSSR count). The summed E-state index contributed by atoms with van der Waals surface area (Å²) in [6.45, 7) is 4.19. The Balaban J connectivity index is 1.97. The lowest BCUT2D eigenvalue weighted by Gasteiger charge is -2.16. The predicted molar refractivity (Wildman–Crippen MR) is 123 cm³/mol. The van der Waals surface area contributed by atoms with Gasteiger partial charge in [0.2, 0.25) is 5.75 Å². The van der Waals surface area contributed by atoms with Crippen molar-refractivity contribution in [3.05, 3.63) is 42.7 Å². The topological polar surface area (TPSA) is 80.5 Å². The van der Waals surface area contributed by atoms with Gasteiger partial charge in [-0.3, -0.25) is 0 Å². The first-order valence-electron chi connectivity index (χ1n) is 10.2. The molecule has 4 aromatic rings. The van der Waals surface area contributed by atoms with Gasteiger partial charge >= 0.3 is 0 Å². The molecule has 0 aliphatic carbocycles. The summed E-state index contributed by atoms with van der Waals surface area (Å²) in [5, 5.41) is 0. The summed E-state index contributed by atoms with van der Waals surface area (Å²) in [6, 6.07) is 11.6. The molecule has 0 saturated carbocycles. The van der Waals surface area contributed by atoms with E-state index in [-0.39, 0.29) is 6.04 Å². The average molecular weight is 434 g/mol. The first kappa shape index (κ1) is 21.4. The van der Waals surface area contributed by atoms with Crippen molar-refractivity contribution in [2.24, 2.45) is 0 Å². The summed E-state index contributed by atoms with van der Waals surface area (Å²) in [5.74, 6) is 3.18. The van der Waals surface area contributed by atoms with Gasteiger partial charge in [-0.1, -0.05) is 0 Å². The van der Waals surface area contributed by atoms with Gasteiger partial charge in [-0.2, -0.15) is 0 Å². The molecule has 0 atom stereocenters. The van der Waals surface area contributed by atoms with Gasteiger partial charge in [0.15, 0.2) is 17.1 Å². The van der Waals surface area contributed by atoms with E-state index >= 15 is 0 Å². The number of ether oxygens (including phenoxy) is 4. The second-order valence-electron chi connectivity index (χ2n) is 7.44. The Morgan fingerprint density at radius 2 is 1.44 bits per heavy atom. The number of rotatable bonds is 7. The van der Waals surface area contributed by atoms with Crippen molar-refractivity contribution in [3.8, 4) is 45.6 Å². The van der Waals surface area contributed by atoms with Crippen molar-refractivity contribution >= 4 is 11.2 Å². The molecule has 0 N–H and O–H groups in total. The molecule has 0 radical (unpaired) electrons. The third-order valence-corrected chi connectivity index (χ3v) is 5.28. The van der Waals surface area contributed by atoms with Crippen LogP contribution in [0.1, 0.15) is 19.9 Å². The van der Waals surface area contributed by atoms with Gasteiger partial charge in [0.25, 0.3) is 0 Å². The first-order chi connectivity index (χ1) is 15.5. The Hall–Kier alpha value is -3.81. The predicted octanol–water partition coefficient (Wildman–Crippen LogP) is 4.78. The minimum absolute atomic E-state index is 0.104. The number of benzene rings is 2. The Labute approximate surface area is 186 Å². The summed E-state index contributed by atoms with van der Waals surface area (Å²) >= 11 is 0. The van der Waals surface area contributed by atoms with E-state index in [0.29, 0.717) is 17.2 Å². The molecule has 0 fully saturated rings. The molecule has 0 bridgehead atoms. The molecule has 8 nitrogen and oxygen atoms in total. The van der Waals surface area contributed by atoms with Gasteiger partial charge in [0, 0.05) is 17.2 Å². The SMILES string of the molecule is COc1ccc(-c2ncnc3c2nc(-c2cc(OC)c(OC)c(OC)c2)n3C(C)C)cc1. The first-order valence-corrected chi connectivity index (χ1v) is 10.2. The number of methoxy groups -OCH3 is 4. The van der Waals surface area contributed by atoms with Crippen molar-refractivity contribution in [2.75, 3.05) is 28.4 Å². The Morgan fingerprint density at radius 3 is 1.97 bits per heavy atom. The smallest absolute Gasteiger partial charge is 0.203 e. The van der Waals surface area contributed by atoms with Crippen molar-refractivity contribution in [1.82, 2.24) is 19.5 Å². The lowest BCUT2D eigenvalue weighted by atomic mass is 10.1. The van der Waals surface area contributed by atoms with Crippen LogP contribution in [0.2, 0.25) is 0 Å². The van der Waals surface area contributed by atoms with E-state index in [0.717, 1.165) is 39.6 Å². The van der Waals surface area contributed by atoms with E-state index < -0.39 is 0 Å². The monoisotopic (exact) mass is 434 g/mol. The third-order valence-electron chi connectivity index (χ3n) is 5.28. The lowest BCUT2D eigenvalue weighted by Crippen LogP contribution is -2.05. The molecule has 2 heterocycles. The molecule has 0 aliphatic rings. The maximum Gasteiger partial charge on any atom is 0.203 e. The van der Waals surface area contributed by atoms with Crippen LogP contribution in [-0.2, 0) is 0 Å². The van der Waals surface area contributed by atoms with Crippen LogP contribution in [0.4, 0.5) is 0 Å². The van der Waals surface area contributed by atoms with Crippen LogP contribution < -0.4 is 18.9 Å². The maximum absolute atomic E-state index is 5.55. The minimum atomic E-state index is 0.104. The van der Waals surface area contributed by atoms with Crippen molar-refractivity contribution in [2.45, 2.75) is 19.9 Å². The normalized spacial score (nSPS) is 11.1. The summed E-state index contributed by atoms with van der Waals surface area (Å²) in [6.07, 6.45) is 1.57. The zero-order chi connectivity index (χ0) is 22.8.